The maximum atomic E-state index is 13.6. The first-order valence-electron chi connectivity index (χ1n) is 8.76. The van der Waals surface area contributed by atoms with E-state index in [0.29, 0.717) is 15.9 Å². The van der Waals surface area contributed by atoms with Crippen molar-refractivity contribution in [2.45, 2.75) is 30.8 Å². The summed E-state index contributed by atoms with van der Waals surface area (Å²) in [5.41, 5.74) is 0.408. The molecule has 1 N–H and O–H groups in total. The van der Waals surface area contributed by atoms with Crippen LogP contribution >= 0.6 is 0 Å². The molecular formula is C19H22F2N2O5S2. The summed E-state index contributed by atoms with van der Waals surface area (Å²) in [5.74, 6) is -3.06. The summed E-state index contributed by atoms with van der Waals surface area (Å²) in [7, 11) is -7.36. The number of nitrogens with zero attached hydrogens (tertiary/aromatic N) is 1. The van der Waals surface area contributed by atoms with Crippen LogP contribution in [0.25, 0.3) is 0 Å². The van der Waals surface area contributed by atoms with Gasteiger partial charge in [-0.25, -0.2) is 25.6 Å². The van der Waals surface area contributed by atoms with Crippen molar-refractivity contribution in [3.8, 4) is 0 Å². The topological polar surface area (TPSA) is 101 Å². The summed E-state index contributed by atoms with van der Waals surface area (Å²) < 4.78 is 75.1. The molecule has 2 rings (SSSR count). The summed E-state index contributed by atoms with van der Waals surface area (Å²) in [5, 5.41) is 2.64. The van der Waals surface area contributed by atoms with Crippen molar-refractivity contribution < 1.29 is 30.4 Å². The first-order valence-corrected chi connectivity index (χ1v) is 12.5. The highest BCUT2D eigenvalue weighted by Crippen LogP contribution is 2.24. The van der Waals surface area contributed by atoms with Gasteiger partial charge in [0, 0.05) is 12.3 Å². The summed E-state index contributed by atoms with van der Waals surface area (Å²) >= 11 is 0. The zero-order valence-corrected chi connectivity index (χ0v) is 18.4. The lowest BCUT2D eigenvalue weighted by Gasteiger charge is -2.29. The van der Waals surface area contributed by atoms with E-state index in [9.17, 15) is 30.4 Å². The number of carbonyl (C=O) groups is 1. The zero-order chi connectivity index (χ0) is 22.9. The first kappa shape index (κ1) is 23.7. The van der Waals surface area contributed by atoms with E-state index in [1.807, 2.05) is 0 Å². The molecule has 7 nitrogen and oxygen atoms in total. The quantitative estimate of drug-likeness (QED) is 0.684. The van der Waals surface area contributed by atoms with Crippen molar-refractivity contribution in [2.24, 2.45) is 0 Å². The summed E-state index contributed by atoms with van der Waals surface area (Å²) in [4.78, 5) is 12.8. The van der Waals surface area contributed by atoms with Gasteiger partial charge in [-0.05, 0) is 43.7 Å². The molecule has 2 atom stereocenters. The van der Waals surface area contributed by atoms with Crippen LogP contribution in [0.15, 0.2) is 47.4 Å². The van der Waals surface area contributed by atoms with Crippen LogP contribution in [-0.4, -0.2) is 41.3 Å². The lowest BCUT2D eigenvalue weighted by Crippen LogP contribution is -2.48. The van der Waals surface area contributed by atoms with Crippen molar-refractivity contribution in [3.05, 3.63) is 59.7 Å². The maximum absolute atomic E-state index is 13.6. The molecule has 2 aromatic rings. The number of anilines is 1. The van der Waals surface area contributed by atoms with E-state index in [0.717, 1.165) is 24.6 Å². The predicted octanol–water partition coefficient (Wildman–Crippen LogP) is 2.40. The molecule has 0 heterocycles. The molecule has 0 unspecified atom stereocenters. The van der Waals surface area contributed by atoms with Crippen LogP contribution in [0.3, 0.4) is 0 Å². The van der Waals surface area contributed by atoms with Gasteiger partial charge >= 0.3 is 0 Å². The molecule has 0 aliphatic heterocycles. The minimum absolute atomic E-state index is 0.125. The molecule has 2 aromatic carbocycles. The van der Waals surface area contributed by atoms with Gasteiger partial charge in [-0.2, -0.15) is 0 Å². The Labute approximate surface area is 174 Å². The Kier molecular flexibility index (Phi) is 6.87. The van der Waals surface area contributed by atoms with Crippen molar-refractivity contribution in [2.75, 3.05) is 16.8 Å². The third kappa shape index (κ3) is 5.54. The monoisotopic (exact) mass is 460 g/mol. The second kappa shape index (κ2) is 8.68. The number of hydrogen-bond donors (Lipinski definition) is 1. The normalized spacial score (nSPS) is 14.1. The highest BCUT2D eigenvalue weighted by atomic mass is 32.2. The van der Waals surface area contributed by atoms with E-state index < -0.39 is 49.5 Å². The molecule has 164 valence electrons. The number of halogens is 2. The van der Waals surface area contributed by atoms with Crippen LogP contribution in [0.4, 0.5) is 14.5 Å². The smallest absolute Gasteiger partial charge is 0.244 e. The molecule has 0 saturated heterocycles. The van der Waals surface area contributed by atoms with E-state index in [4.69, 9.17) is 0 Å². The summed E-state index contributed by atoms with van der Waals surface area (Å²) in [6, 6.07) is 6.60. The molecule has 1 amide bonds. The Morgan fingerprint density at radius 3 is 1.97 bits per heavy atom. The van der Waals surface area contributed by atoms with E-state index >= 15 is 0 Å². The Bertz CT molecular complexity index is 1150. The SMILES string of the molecule is C[C@@H](NC(=O)[C@H](C)N(c1ccc(F)c(F)c1)S(C)(=O)=O)c1ccc(S(C)(=O)=O)cc1. The number of carbonyl (C=O) groups excluding carboxylic acids is 1. The fourth-order valence-corrected chi connectivity index (χ4v) is 4.65. The number of sulfone groups is 1. The minimum atomic E-state index is -4.00. The second-order valence-corrected chi connectivity index (χ2v) is 10.8. The molecule has 0 aliphatic carbocycles. The van der Waals surface area contributed by atoms with Gasteiger partial charge in [0.2, 0.25) is 15.9 Å². The third-order valence-electron chi connectivity index (χ3n) is 4.41. The number of amides is 1. The minimum Gasteiger partial charge on any atom is -0.348 e. The fraction of sp³-hybridized carbons (Fsp3) is 0.316. The van der Waals surface area contributed by atoms with Gasteiger partial charge in [-0.15, -0.1) is 0 Å². The van der Waals surface area contributed by atoms with Crippen molar-refractivity contribution in [1.82, 2.24) is 5.32 Å². The van der Waals surface area contributed by atoms with E-state index in [1.54, 1.807) is 6.92 Å². The van der Waals surface area contributed by atoms with Gasteiger partial charge in [0.1, 0.15) is 6.04 Å². The summed E-state index contributed by atoms with van der Waals surface area (Å²) in [6.07, 6.45) is 1.93. The molecule has 0 aliphatic rings. The fourth-order valence-electron chi connectivity index (χ4n) is 2.85. The van der Waals surface area contributed by atoms with Gasteiger partial charge in [-0.3, -0.25) is 9.10 Å². The van der Waals surface area contributed by atoms with E-state index in [1.165, 1.54) is 31.2 Å². The Hall–Kier alpha value is -2.53. The van der Waals surface area contributed by atoms with Gasteiger partial charge in [-0.1, -0.05) is 12.1 Å². The highest BCUT2D eigenvalue weighted by molar-refractivity contribution is 7.92. The molecule has 11 heteroatoms. The molecule has 0 bridgehead atoms. The van der Waals surface area contributed by atoms with Crippen molar-refractivity contribution >= 4 is 31.5 Å². The summed E-state index contributed by atoms with van der Waals surface area (Å²) in [6.45, 7) is 2.96. The van der Waals surface area contributed by atoms with Crippen LogP contribution in [0.5, 0.6) is 0 Å². The molecule has 0 saturated carbocycles. The number of rotatable bonds is 7. The van der Waals surface area contributed by atoms with Crippen molar-refractivity contribution in [3.63, 3.8) is 0 Å². The number of hydrogen-bond acceptors (Lipinski definition) is 5. The average Bonchev–Trinajstić information content (AvgIpc) is 2.63. The lowest BCUT2D eigenvalue weighted by atomic mass is 10.1. The first-order chi connectivity index (χ1) is 13.7. The van der Waals surface area contributed by atoms with Crippen LogP contribution in [0.2, 0.25) is 0 Å². The Morgan fingerprint density at radius 1 is 0.933 bits per heavy atom. The molecule has 30 heavy (non-hydrogen) atoms. The van der Waals surface area contributed by atoms with Gasteiger partial charge in [0.15, 0.2) is 21.5 Å². The molecule has 0 spiro atoms. The van der Waals surface area contributed by atoms with E-state index in [-0.39, 0.29) is 10.6 Å². The van der Waals surface area contributed by atoms with E-state index in [2.05, 4.69) is 5.32 Å². The predicted molar refractivity (Wildman–Crippen MR) is 109 cm³/mol. The number of sulfonamides is 1. The van der Waals surface area contributed by atoms with Crippen LogP contribution in [0.1, 0.15) is 25.5 Å². The van der Waals surface area contributed by atoms with Crippen molar-refractivity contribution in [1.29, 1.82) is 0 Å². The molecule has 0 fully saturated rings. The molecule has 0 radical (unpaired) electrons. The molecular weight excluding hydrogens is 438 g/mol. The third-order valence-corrected chi connectivity index (χ3v) is 6.78. The highest BCUT2D eigenvalue weighted by Gasteiger charge is 2.30. The maximum Gasteiger partial charge on any atom is 0.244 e. The van der Waals surface area contributed by atoms with Gasteiger partial charge < -0.3 is 5.32 Å². The van der Waals surface area contributed by atoms with Crippen LogP contribution < -0.4 is 9.62 Å². The molecule has 0 aromatic heterocycles. The number of nitrogens with one attached hydrogen (secondary N) is 1. The number of benzene rings is 2. The average molecular weight is 461 g/mol. The zero-order valence-electron chi connectivity index (χ0n) is 16.8. The van der Waals surface area contributed by atoms with Gasteiger partial charge in [0.25, 0.3) is 0 Å². The standard InChI is InChI=1S/C19H22F2N2O5S2/c1-12(14-5-8-16(9-6-14)29(3,25)26)22-19(24)13(2)23(30(4,27)28)15-7-10-17(20)18(21)11-15/h5-13H,1-4H3,(H,22,24)/t12-,13+/m1/s1. The Morgan fingerprint density at radius 2 is 1.50 bits per heavy atom. The largest absolute Gasteiger partial charge is 0.348 e. The van der Waals surface area contributed by atoms with Crippen LogP contribution in [0, 0.1) is 11.6 Å². The van der Waals surface area contributed by atoms with Gasteiger partial charge in [0.05, 0.1) is 22.9 Å². The Balaban J connectivity index is 2.25. The second-order valence-electron chi connectivity index (χ2n) is 6.90. The van der Waals surface area contributed by atoms with Crippen LogP contribution in [-0.2, 0) is 24.7 Å². The lowest BCUT2D eigenvalue weighted by molar-refractivity contribution is -0.122.